The Morgan fingerprint density at radius 3 is 2.38 bits per heavy atom. The normalized spacial score (nSPS) is 14.4. The van der Waals surface area contributed by atoms with Gasteiger partial charge in [-0.1, -0.05) is 42.5 Å². The Hall–Kier alpha value is -4.05. The van der Waals surface area contributed by atoms with Crippen LogP contribution in [0.15, 0.2) is 60.8 Å². The standard InChI is InChI=1S/C29H37N5O5/c1-29(2,3)39-27(35)31-18-24(32-28(36)38-20-21-8-6-5-7-9-21)26-30-19-25(33(26)4)22-10-12-23(13-11-22)34-14-16-37-17-15-34/h5-13,19,24H,14-18,20H2,1-4H3,(H,31,35)(H,32,36)/t24-/m0/s1. The first kappa shape index (κ1) is 28.0. The van der Waals surface area contributed by atoms with Crippen LogP contribution in [0.1, 0.15) is 38.2 Å². The van der Waals surface area contributed by atoms with Gasteiger partial charge in [-0.2, -0.15) is 0 Å². The van der Waals surface area contributed by atoms with Crippen LogP contribution in [0.4, 0.5) is 15.3 Å². The van der Waals surface area contributed by atoms with E-state index >= 15 is 0 Å². The second kappa shape index (κ2) is 12.7. The molecule has 0 radical (unpaired) electrons. The Kier molecular flexibility index (Phi) is 9.08. The van der Waals surface area contributed by atoms with Crippen LogP contribution in [0, 0.1) is 0 Å². The van der Waals surface area contributed by atoms with E-state index in [1.165, 1.54) is 0 Å². The molecule has 0 bridgehead atoms. The molecule has 0 saturated carbocycles. The lowest BCUT2D eigenvalue weighted by atomic mass is 10.1. The molecule has 2 aromatic carbocycles. The number of hydrogen-bond donors (Lipinski definition) is 2. The van der Waals surface area contributed by atoms with Crippen molar-refractivity contribution in [2.75, 3.05) is 37.7 Å². The van der Waals surface area contributed by atoms with Crippen molar-refractivity contribution in [1.82, 2.24) is 20.2 Å². The minimum absolute atomic E-state index is 0.0651. The largest absolute Gasteiger partial charge is 0.445 e. The molecule has 4 rings (SSSR count). The molecular formula is C29H37N5O5. The number of carbonyl (C=O) groups is 2. The molecule has 2 amide bonds. The number of nitrogens with zero attached hydrogens (tertiary/aromatic N) is 3. The van der Waals surface area contributed by atoms with Gasteiger partial charge in [0.2, 0.25) is 0 Å². The Balaban J connectivity index is 1.48. The SMILES string of the molecule is Cn1c(-c2ccc(N3CCOCC3)cc2)cnc1[C@H](CNC(=O)OC(C)(C)C)NC(=O)OCc1ccccc1. The van der Waals surface area contributed by atoms with Crippen molar-refractivity contribution >= 4 is 17.9 Å². The summed E-state index contributed by atoms with van der Waals surface area (Å²) in [6, 6.07) is 17.1. The Morgan fingerprint density at radius 2 is 1.72 bits per heavy atom. The summed E-state index contributed by atoms with van der Waals surface area (Å²) in [7, 11) is 1.88. The van der Waals surface area contributed by atoms with E-state index in [4.69, 9.17) is 14.2 Å². The highest BCUT2D eigenvalue weighted by Crippen LogP contribution is 2.26. The zero-order valence-electron chi connectivity index (χ0n) is 23.0. The van der Waals surface area contributed by atoms with Crippen molar-refractivity contribution in [2.45, 2.75) is 39.0 Å². The summed E-state index contributed by atoms with van der Waals surface area (Å²) >= 11 is 0. The fraction of sp³-hybridized carbons (Fsp3) is 0.414. The second-order valence-electron chi connectivity index (χ2n) is 10.3. The van der Waals surface area contributed by atoms with Crippen LogP contribution in [0.25, 0.3) is 11.3 Å². The van der Waals surface area contributed by atoms with E-state index < -0.39 is 23.8 Å². The summed E-state index contributed by atoms with van der Waals surface area (Å²) in [6.45, 7) is 8.76. The van der Waals surface area contributed by atoms with Crippen LogP contribution in [0.5, 0.6) is 0 Å². The molecule has 0 unspecified atom stereocenters. The predicted octanol–water partition coefficient (Wildman–Crippen LogP) is 4.42. The summed E-state index contributed by atoms with van der Waals surface area (Å²) in [5, 5.41) is 5.58. The number of hydrogen-bond acceptors (Lipinski definition) is 7. The van der Waals surface area contributed by atoms with Crippen molar-refractivity contribution in [3.8, 4) is 11.3 Å². The molecule has 1 aliphatic rings. The Morgan fingerprint density at radius 1 is 1.03 bits per heavy atom. The highest BCUT2D eigenvalue weighted by Gasteiger charge is 2.24. The Bertz CT molecular complexity index is 1230. The first-order valence-electron chi connectivity index (χ1n) is 13.1. The summed E-state index contributed by atoms with van der Waals surface area (Å²) < 4.78 is 18.2. The number of ether oxygens (including phenoxy) is 3. The zero-order valence-corrected chi connectivity index (χ0v) is 23.0. The zero-order chi connectivity index (χ0) is 27.8. The Labute approximate surface area is 229 Å². The number of alkyl carbamates (subject to hydrolysis) is 2. The molecule has 2 N–H and O–H groups in total. The van der Waals surface area contributed by atoms with Gasteiger partial charge in [0, 0.05) is 32.4 Å². The number of imidazole rings is 1. The van der Waals surface area contributed by atoms with Crippen LogP contribution < -0.4 is 15.5 Å². The molecule has 0 aliphatic carbocycles. The molecular weight excluding hydrogens is 498 g/mol. The van der Waals surface area contributed by atoms with Gasteiger partial charge in [-0.3, -0.25) is 0 Å². The maximum Gasteiger partial charge on any atom is 0.408 e. The molecule has 2 heterocycles. The van der Waals surface area contributed by atoms with Crippen LogP contribution in [-0.2, 0) is 27.9 Å². The van der Waals surface area contributed by atoms with Crippen molar-refractivity contribution in [2.24, 2.45) is 7.05 Å². The van der Waals surface area contributed by atoms with E-state index in [1.54, 1.807) is 27.0 Å². The number of morpholine rings is 1. The number of anilines is 1. The number of amides is 2. The summed E-state index contributed by atoms with van der Waals surface area (Å²) in [5.74, 6) is 0.565. The molecule has 0 spiro atoms. The third-order valence-corrected chi connectivity index (χ3v) is 6.23. The van der Waals surface area contributed by atoms with Gasteiger partial charge < -0.3 is 34.3 Å². The van der Waals surface area contributed by atoms with Crippen molar-refractivity contribution < 1.29 is 23.8 Å². The maximum absolute atomic E-state index is 12.7. The first-order chi connectivity index (χ1) is 18.7. The van der Waals surface area contributed by atoms with Crippen LogP contribution in [0.3, 0.4) is 0 Å². The summed E-state index contributed by atoms with van der Waals surface area (Å²) in [5.41, 5.74) is 3.23. The number of carbonyl (C=O) groups excluding carboxylic acids is 2. The van der Waals surface area contributed by atoms with Crippen LogP contribution in [0.2, 0.25) is 0 Å². The lowest BCUT2D eigenvalue weighted by Gasteiger charge is -2.28. The quantitative estimate of drug-likeness (QED) is 0.440. The molecule has 3 aromatic rings. The van der Waals surface area contributed by atoms with E-state index in [2.05, 4.69) is 44.8 Å². The van der Waals surface area contributed by atoms with E-state index in [-0.39, 0.29) is 13.2 Å². The predicted molar refractivity (Wildman–Crippen MR) is 148 cm³/mol. The van der Waals surface area contributed by atoms with Crippen LogP contribution >= 0.6 is 0 Å². The van der Waals surface area contributed by atoms with Crippen molar-refractivity contribution in [3.63, 3.8) is 0 Å². The minimum atomic E-state index is -0.660. The maximum atomic E-state index is 12.7. The third kappa shape index (κ3) is 7.97. The summed E-state index contributed by atoms with van der Waals surface area (Å²) in [4.78, 5) is 32.0. The summed E-state index contributed by atoms with van der Waals surface area (Å²) in [6.07, 6.45) is 0.561. The number of nitrogens with one attached hydrogen (secondary N) is 2. The van der Waals surface area contributed by atoms with E-state index in [9.17, 15) is 9.59 Å². The van der Waals surface area contributed by atoms with Gasteiger partial charge >= 0.3 is 12.2 Å². The highest BCUT2D eigenvalue weighted by atomic mass is 16.6. The first-order valence-corrected chi connectivity index (χ1v) is 13.1. The van der Waals surface area contributed by atoms with Crippen molar-refractivity contribution in [1.29, 1.82) is 0 Å². The molecule has 39 heavy (non-hydrogen) atoms. The third-order valence-electron chi connectivity index (χ3n) is 6.23. The van der Waals surface area contributed by atoms with Crippen molar-refractivity contribution in [3.05, 3.63) is 72.2 Å². The van der Waals surface area contributed by atoms with Gasteiger partial charge in [0.25, 0.3) is 0 Å². The van der Waals surface area contributed by atoms with Gasteiger partial charge in [0.15, 0.2) is 0 Å². The number of rotatable bonds is 8. The number of aromatic nitrogens is 2. The van der Waals surface area contributed by atoms with Gasteiger partial charge in [-0.05, 0) is 44.0 Å². The van der Waals surface area contributed by atoms with E-state index in [1.807, 2.05) is 41.9 Å². The number of benzene rings is 2. The molecule has 1 saturated heterocycles. The van der Waals surface area contributed by atoms with E-state index in [0.717, 1.165) is 48.8 Å². The monoisotopic (exact) mass is 535 g/mol. The molecule has 10 heteroatoms. The van der Waals surface area contributed by atoms with Gasteiger partial charge in [0.05, 0.1) is 25.1 Å². The molecule has 1 atom stereocenters. The molecule has 208 valence electrons. The topological polar surface area (TPSA) is 107 Å². The minimum Gasteiger partial charge on any atom is -0.445 e. The fourth-order valence-corrected chi connectivity index (χ4v) is 4.29. The average molecular weight is 536 g/mol. The molecule has 1 fully saturated rings. The van der Waals surface area contributed by atoms with Gasteiger partial charge in [-0.25, -0.2) is 14.6 Å². The molecule has 1 aliphatic heterocycles. The lowest BCUT2D eigenvalue weighted by molar-refractivity contribution is 0.0519. The molecule has 10 nitrogen and oxygen atoms in total. The smallest absolute Gasteiger partial charge is 0.408 e. The van der Waals surface area contributed by atoms with Gasteiger partial charge in [-0.15, -0.1) is 0 Å². The van der Waals surface area contributed by atoms with Crippen LogP contribution in [-0.4, -0.2) is 60.2 Å². The van der Waals surface area contributed by atoms with Gasteiger partial charge in [0.1, 0.15) is 24.1 Å². The highest BCUT2D eigenvalue weighted by molar-refractivity contribution is 5.70. The lowest BCUT2D eigenvalue weighted by Crippen LogP contribution is -2.41. The second-order valence-corrected chi connectivity index (χ2v) is 10.3. The molecule has 1 aromatic heterocycles. The average Bonchev–Trinajstić information content (AvgIpc) is 3.31. The van der Waals surface area contributed by atoms with E-state index in [0.29, 0.717) is 5.82 Å². The fourth-order valence-electron chi connectivity index (χ4n) is 4.29.